The van der Waals surface area contributed by atoms with Crippen molar-refractivity contribution in [2.75, 3.05) is 12.3 Å². The molecule has 1 atom stereocenters. The molecule has 2 aromatic rings. The van der Waals surface area contributed by atoms with E-state index in [1.165, 1.54) is 35.0 Å². The Morgan fingerprint density at radius 2 is 2.08 bits per heavy atom. The van der Waals surface area contributed by atoms with Gasteiger partial charge in [0, 0.05) is 16.8 Å². The number of rotatable bonds is 4. The van der Waals surface area contributed by atoms with E-state index < -0.39 is 11.9 Å². The highest BCUT2D eigenvalue weighted by molar-refractivity contribution is 8.00. The van der Waals surface area contributed by atoms with Gasteiger partial charge in [-0.1, -0.05) is 11.8 Å². The van der Waals surface area contributed by atoms with Crippen LogP contribution in [0.2, 0.25) is 0 Å². The van der Waals surface area contributed by atoms with Crippen LogP contribution in [0.15, 0.2) is 11.4 Å². The standard InChI is InChI=1S/C18H22N4O2S2/c19-16(24)12-6-3-4-8-22(12)14(23)9-25-17-15-11-5-1-2-7-13(11)26-18(15)21-10-20-17/h10,12H,1-9H2,(H2,19,24)/t12-/m0/s1. The molecule has 2 N–H and O–H groups in total. The normalized spacial score (nSPS) is 20.2. The van der Waals surface area contributed by atoms with Crippen molar-refractivity contribution in [1.82, 2.24) is 14.9 Å². The van der Waals surface area contributed by atoms with Crippen molar-refractivity contribution in [3.8, 4) is 0 Å². The number of nitrogens with zero attached hydrogens (tertiary/aromatic N) is 3. The van der Waals surface area contributed by atoms with Crippen LogP contribution in [-0.4, -0.2) is 45.0 Å². The number of aromatic nitrogens is 2. The minimum Gasteiger partial charge on any atom is -0.368 e. The molecule has 8 heteroatoms. The van der Waals surface area contributed by atoms with Gasteiger partial charge < -0.3 is 10.6 Å². The first-order chi connectivity index (χ1) is 12.6. The number of nitrogens with two attached hydrogens (primary N) is 1. The summed E-state index contributed by atoms with van der Waals surface area (Å²) in [5.41, 5.74) is 6.86. The fourth-order valence-corrected chi connectivity index (χ4v) is 6.11. The molecular weight excluding hydrogens is 368 g/mol. The second-order valence-corrected chi connectivity index (χ2v) is 8.91. The predicted octanol–water partition coefficient (Wildman–Crippen LogP) is 2.53. The largest absolute Gasteiger partial charge is 0.368 e. The maximum atomic E-state index is 12.7. The van der Waals surface area contributed by atoms with Crippen molar-refractivity contribution in [1.29, 1.82) is 0 Å². The van der Waals surface area contributed by atoms with Crippen molar-refractivity contribution in [2.24, 2.45) is 5.73 Å². The number of thioether (sulfide) groups is 1. The maximum absolute atomic E-state index is 12.7. The fourth-order valence-electron chi connectivity index (χ4n) is 3.91. The molecule has 2 aliphatic rings. The molecule has 0 spiro atoms. The number of carbonyl (C=O) groups excluding carboxylic acids is 2. The van der Waals surface area contributed by atoms with Gasteiger partial charge in [0.2, 0.25) is 11.8 Å². The van der Waals surface area contributed by atoms with E-state index in [0.29, 0.717) is 13.0 Å². The molecular formula is C18H22N4O2S2. The maximum Gasteiger partial charge on any atom is 0.240 e. The highest BCUT2D eigenvalue weighted by Gasteiger charge is 2.30. The first kappa shape index (κ1) is 17.7. The van der Waals surface area contributed by atoms with Crippen molar-refractivity contribution in [3.05, 3.63) is 16.8 Å². The number of carbonyl (C=O) groups is 2. The second kappa shape index (κ2) is 7.52. The molecule has 2 aromatic heterocycles. The van der Waals surface area contributed by atoms with Gasteiger partial charge in [-0.2, -0.15) is 0 Å². The second-order valence-electron chi connectivity index (χ2n) is 6.86. The Morgan fingerprint density at radius 3 is 2.92 bits per heavy atom. The zero-order valence-electron chi connectivity index (χ0n) is 14.6. The summed E-state index contributed by atoms with van der Waals surface area (Å²) < 4.78 is 0. The zero-order chi connectivity index (χ0) is 18.1. The number of thiophene rings is 1. The van der Waals surface area contributed by atoms with Gasteiger partial charge in [-0.25, -0.2) is 9.97 Å². The predicted molar refractivity (Wildman–Crippen MR) is 103 cm³/mol. The van der Waals surface area contributed by atoms with E-state index in [2.05, 4.69) is 9.97 Å². The molecule has 1 aliphatic heterocycles. The highest BCUT2D eigenvalue weighted by Crippen LogP contribution is 2.39. The molecule has 0 radical (unpaired) electrons. The van der Waals surface area contributed by atoms with E-state index in [9.17, 15) is 9.59 Å². The Kier molecular flexibility index (Phi) is 5.13. The van der Waals surface area contributed by atoms with Gasteiger partial charge in [-0.3, -0.25) is 9.59 Å². The summed E-state index contributed by atoms with van der Waals surface area (Å²) >= 11 is 3.21. The minimum absolute atomic E-state index is 0.0330. The van der Waals surface area contributed by atoms with Gasteiger partial charge >= 0.3 is 0 Å². The molecule has 0 saturated carbocycles. The Bertz CT molecular complexity index is 851. The lowest BCUT2D eigenvalue weighted by molar-refractivity contribution is -0.138. The number of likely N-dealkylation sites (tertiary alicyclic amines) is 1. The van der Waals surface area contributed by atoms with Crippen molar-refractivity contribution >= 4 is 45.1 Å². The summed E-state index contributed by atoms with van der Waals surface area (Å²) in [6.45, 7) is 0.611. The third-order valence-corrected chi connectivity index (χ3v) is 7.37. The molecule has 1 aliphatic carbocycles. The van der Waals surface area contributed by atoms with Gasteiger partial charge in [0.25, 0.3) is 0 Å². The number of aryl methyl sites for hydroxylation is 2. The fraction of sp³-hybridized carbons (Fsp3) is 0.556. The van der Waals surface area contributed by atoms with Crippen LogP contribution in [0.5, 0.6) is 0 Å². The molecule has 1 saturated heterocycles. The van der Waals surface area contributed by atoms with Crippen LogP contribution in [0.4, 0.5) is 0 Å². The molecule has 4 rings (SSSR count). The summed E-state index contributed by atoms with van der Waals surface area (Å²) in [6, 6.07) is -0.462. The van der Waals surface area contributed by atoms with Crippen LogP contribution < -0.4 is 5.73 Å². The first-order valence-corrected chi connectivity index (χ1v) is 10.9. The molecule has 26 heavy (non-hydrogen) atoms. The SMILES string of the molecule is NC(=O)[C@@H]1CCCCN1C(=O)CSc1ncnc2sc3c(c12)CCCC3. The van der Waals surface area contributed by atoms with E-state index in [1.807, 2.05) is 0 Å². The first-order valence-electron chi connectivity index (χ1n) is 9.12. The van der Waals surface area contributed by atoms with Crippen LogP contribution in [0.1, 0.15) is 42.5 Å². The third kappa shape index (κ3) is 3.32. The van der Waals surface area contributed by atoms with E-state index in [0.717, 1.165) is 40.9 Å². The lowest BCUT2D eigenvalue weighted by Gasteiger charge is -2.33. The van der Waals surface area contributed by atoms with Gasteiger partial charge in [-0.05, 0) is 50.5 Å². The quantitative estimate of drug-likeness (QED) is 0.640. The Balaban J connectivity index is 1.53. The third-order valence-electron chi connectivity index (χ3n) is 5.20. The number of hydrogen-bond donors (Lipinski definition) is 1. The van der Waals surface area contributed by atoms with Crippen molar-refractivity contribution in [2.45, 2.75) is 56.0 Å². The van der Waals surface area contributed by atoms with E-state index in [-0.39, 0.29) is 11.7 Å². The lowest BCUT2D eigenvalue weighted by Crippen LogP contribution is -2.51. The van der Waals surface area contributed by atoms with Crippen molar-refractivity contribution < 1.29 is 9.59 Å². The highest BCUT2D eigenvalue weighted by atomic mass is 32.2. The van der Waals surface area contributed by atoms with E-state index >= 15 is 0 Å². The molecule has 0 aromatic carbocycles. The Morgan fingerprint density at radius 1 is 1.23 bits per heavy atom. The van der Waals surface area contributed by atoms with Gasteiger partial charge in [0.05, 0.1) is 5.75 Å². The summed E-state index contributed by atoms with van der Waals surface area (Å²) in [5.74, 6) is -0.158. The van der Waals surface area contributed by atoms with Gasteiger partial charge in [0.15, 0.2) is 0 Å². The molecule has 6 nitrogen and oxygen atoms in total. The smallest absolute Gasteiger partial charge is 0.240 e. The number of amides is 2. The van der Waals surface area contributed by atoms with E-state index in [1.54, 1.807) is 22.6 Å². The van der Waals surface area contributed by atoms with Crippen molar-refractivity contribution in [3.63, 3.8) is 0 Å². The molecule has 0 unspecified atom stereocenters. The zero-order valence-corrected chi connectivity index (χ0v) is 16.2. The van der Waals surface area contributed by atoms with Crippen LogP contribution in [0, 0.1) is 0 Å². The molecule has 0 bridgehead atoms. The molecule has 3 heterocycles. The molecule has 2 amide bonds. The van der Waals surface area contributed by atoms with Gasteiger partial charge in [0.1, 0.15) is 22.2 Å². The monoisotopic (exact) mass is 390 g/mol. The number of fused-ring (bicyclic) bond motifs is 3. The Hall–Kier alpha value is -1.67. The number of hydrogen-bond acceptors (Lipinski definition) is 6. The summed E-state index contributed by atoms with van der Waals surface area (Å²) in [5, 5.41) is 2.02. The van der Waals surface area contributed by atoms with Gasteiger partial charge in [-0.15, -0.1) is 11.3 Å². The Labute approximate surface area is 160 Å². The summed E-state index contributed by atoms with van der Waals surface area (Å²) in [6.07, 6.45) is 8.75. The number of piperidine rings is 1. The number of primary amides is 1. The molecule has 1 fully saturated rings. The summed E-state index contributed by atoms with van der Waals surface area (Å²) in [4.78, 5) is 37.3. The van der Waals surface area contributed by atoms with Crippen LogP contribution in [-0.2, 0) is 22.4 Å². The topological polar surface area (TPSA) is 89.2 Å². The van der Waals surface area contributed by atoms with Crippen LogP contribution in [0.3, 0.4) is 0 Å². The minimum atomic E-state index is -0.462. The lowest BCUT2D eigenvalue weighted by atomic mass is 9.97. The van der Waals surface area contributed by atoms with Crippen LogP contribution in [0.25, 0.3) is 10.2 Å². The van der Waals surface area contributed by atoms with E-state index in [4.69, 9.17) is 5.73 Å². The molecule has 138 valence electrons. The average Bonchev–Trinajstić information content (AvgIpc) is 3.05. The summed E-state index contributed by atoms with van der Waals surface area (Å²) in [7, 11) is 0. The van der Waals surface area contributed by atoms with Crippen LogP contribution >= 0.6 is 23.1 Å². The average molecular weight is 391 g/mol.